The number of anilines is 1. The highest BCUT2D eigenvalue weighted by Gasteiger charge is 2.30. The van der Waals surface area contributed by atoms with Crippen molar-refractivity contribution in [1.82, 2.24) is 5.43 Å². The third-order valence-electron chi connectivity index (χ3n) is 4.67. The van der Waals surface area contributed by atoms with E-state index in [2.05, 4.69) is 58.2 Å². The lowest BCUT2D eigenvalue weighted by molar-refractivity contribution is -0.137. The number of hydrogen-bond acceptors (Lipinski definition) is 5. The van der Waals surface area contributed by atoms with E-state index in [9.17, 15) is 22.8 Å². The molecule has 3 aromatic carbocycles. The van der Waals surface area contributed by atoms with E-state index in [4.69, 9.17) is 9.47 Å². The average molecular weight is 708 g/mol. The fourth-order valence-corrected chi connectivity index (χ4v) is 5.47. The highest BCUT2D eigenvalue weighted by atomic mass is 79.9. The van der Waals surface area contributed by atoms with E-state index < -0.39 is 23.6 Å². The summed E-state index contributed by atoms with van der Waals surface area (Å²) in [6, 6.07) is 12.7. The van der Waals surface area contributed by atoms with Gasteiger partial charge in [0, 0.05) is 15.7 Å². The molecular formula is C24H17Br3F3N3O4. The van der Waals surface area contributed by atoms with Crippen LogP contribution in [0.1, 0.15) is 16.7 Å². The molecule has 2 amide bonds. The molecule has 0 heterocycles. The maximum Gasteiger partial charge on any atom is 0.416 e. The van der Waals surface area contributed by atoms with Crippen molar-refractivity contribution < 1.29 is 32.2 Å². The predicted octanol–water partition coefficient (Wildman–Crippen LogP) is 6.67. The minimum atomic E-state index is -4.58. The molecule has 2 N–H and O–H groups in total. The normalized spacial score (nSPS) is 11.3. The van der Waals surface area contributed by atoms with Crippen LogP contribution >= 0.6 is 47.8 Å². The average Bonchev–Trinajstić information content (AvgIpc) is 2.83. The van der Waals surface area contributed by atoms with Gasteiger partial charge in [0.25, 0.3) is 0 Å². The van der Waals surface area contributed by atoms with Crippen molar-refractivity contribution in [3.05, 3.63) is 84.7 Å². The van der Waals surface area contributed by atoms with Gasteiger partial charge in [-0.15, -0.1) is 0 Å². The van der Waals surface area contributed by atoms with Gasteiger partial charge in [-0.3, -0.25) is 9.59 Å². The molecule has 0 radical (unpaired) electrons. The number of hydrazone groups is 1. The number of ether oxygens (including phenoxy) is 2. The van der Waals surface area contributed by atoms with Crippen molar-refractivity contribution in [1.29, 1.82) is 0 Å². The van der Waals surface area contributed by atoms with Crippen LogP contribution in [0.4, 0.5) is 18.9 Å². The Morgan fingerprint density at radius 2 is 1.70 bits per heavy atom. The standard InChI is InChI=1S/C24H17Br3F3N3O4/c1-36-20-6-5-13(7-14(20)12-37-21-18(26)9-16(25)10-19(21)27)11-31-33-23(35)22(34)32-17-4-2-3-15(8-17)24(28,29)30/h2-11H,12H2,1H3,(H,32,34)(H,33,35)/b31-11+. The second-order valence-electron chi connectivity index (χ2n) is 7.29. The third kappa shape index (κ3) is 8.04. The van der Waals surface area contributed by atoms with E-state index in [0.717, 1.165) is 31.6 Å². The molecule has 0 saturated heterocycles. The monoisotopic (exact) mass is 705 g/mol. The van der Waals surface area contributed by atoms with Crippen LogP contribution in [-0.4, -0.2) is 25.1 Å². The molecular weight excluding hydrogens is 691 g/mol. The molecule has 3 aromatic rings. The maximum atomic E-state index is 12.8. The molecule has 0 aliphatic rings. The summed E-state index contributed by atoms with van der Waals surface area (Å²) < 4.78 is 52.1. The molecule has 0 aromatic heterocycles. The first-order valence-corrected chi connectivity index (χ1v) is 12.6. The number of benzene rings is 3. The zero-order chi connectivity index (χ0) is 27.2. The van der Waals surface area contributed by atoms with Crippen LogP contribution in [0.25, 0.3) is 0 Å². The van der Waals surface area contributed by atoms with E-state index in [1.165, 1.54) is 19.4 Å². The molecule has 0 atom stereocenters. The lowest BCUT2D eigenvalue weighted by atomic mass is 10.1. The summed E-state index contributed by atoms with van der Waals surface area (Å²) in [6.45, 7) is 0.148. The van der Waals surface area contributed by atoms with Gasteiger partial charge in [0.2, 0.25) is 0 Å². The van der Waals surface area contributed by atoms with Crippen LogP contribution in [0.15, 0.2) is 73.1 Å². The molecule has 0 aliphatic carbocycles. The van der Waals surface area contributed by atoms with Crippen molar-refractivity contribution in [2.45, 2.75) is 12.8 Å². The second kappa shape index (κ2) is 12.6. The molecule has 0 saturated carbocycles. The first kappa shape index (κ1) is 28.7. The smallest absolute Gasteiger partial charge is 0.416 e. The van der Waals surface area contributed by atoms with Crippen molar-refractivity contribution in [3.63, 3.8) is 0 Å². The Morgan fingerprint density at radius 1 is 1.00 bits per heavy atom. The number of methoxy groups -OCH3 is 1. The Balaban J connectivity index is 1.64. The number of rotatable bonds is 7. The number of amides is 2. The first-order valence-electron chi connectivity index (χ1n) is 10.2. The fourth-order valence-electron chi connectivity index (χ4n) is 2.99. The lowest BCUT2D eigenvalue weighted by Crippen LogP contribution is -2.32. The van der Waals surface area contributed by atoms with Gasteiger partial charge < -0.3 is 14.8 Å². The number of carbonyl (C=O) groups excluding carboxylic acids is 2. The zero-order valence-corrected chi connectivity index (χ0v) is 23.6. The summed E-state index contributed by atoms with van der Waals surface area (Å²) in [7, 11) is 1.52. The number of hydrogen-bond donors (Lipinski definition) is 2. The molecule has 3 rings (SSSR count). The molecule has 7 nitrogen and oxygen atoms in total. The zero-order valence-electron chi connectivity index (χ0n) is 18.8. The summed E-state index contributed by atoms with van der Waals surface area (Å²) >= 11 is 10.3. The van der Waals surface area contributed by atoms with Crippen LogP contribution in [0.5, 0.6) is 11.5 Å². The van der Waals surface area contributed by atoms with Crippen LogP contribution in [0.2, 0.25) is 0 Å². The Labute approximate surface area is 234 Å². The van der Waals surface area contributed by atoms with E-state index in [1.54, 1.807) is 18.2 Å². The molecule has 0 aliphatic heterocycles. The van der Waals surface area contributed by atoms with Gasteiger partial charge in [-0.2, -0.15) is 18.3 Å². The van der Waals surface area contributed by atoms with Crippen molar-refractivity contribution >= 4 is 71.5 Å². The quantitative estimate of drug-likeness (QED) is 0.163. The number of nitrogens with one attached hydrogen (secondary N) is 2. The second-order valence-corrected chi connectivity index (χ2v) is 9.91. The molecule has 0 spiro atoms. The molecule has 37 heavy (non-hydrogen) atoms. The number of alkyl halides is 3. The lowest BCUT2D eigenvalue weighted by Gasteiger charge is -2.13. The van der Waals surface area contributed by atoms with Gasteiger partial charge >= 0.3 is 18.0 Å². The Morgan fingerprint density at radius 3 is 2.35 bits per heavy atom. The van der Waals surface area contributed by atoms with Gasteiger partial charge in [0.1, 0.15) is 18.1 Å². The third-order valence-corrected chi connectivity index (χ3v) is 6.31. The van der Waals surface area contributed by atoms with Gasteiger partial charge in [-0.25, -0.2) is 5.43 Å². The van der Waals surface area contributed by atoms with Gasteiger partial charge in [0.05, 0.1) is 27.8 Å². The Kier molecular flexibility index (Phi) is 9.74. The number of carbonyl (C=O) groups is 2. The summed E-state index contributed by atoms with van der Waals surface area (Å²) in [6.07, 6.45) is -3.29. The SMILES string of the molecule is COc1ccc(/C=N/NC(=O)C(=O)Nc2cccc(C(F)(F)F)c2)cc1COc1c(Br)cc(Br)cc1Br. The fraction of sp³-hybridized carbons (Fsp3) is 0.125. The van der Waals surface area contributed by atoms with Crippen molar-refractivity contribution in [2.75, 3.05) is 12.4 Å². The topological polar surface area (TPSA) is 89.0 Å². The van der Waals surface area contributed by atoms with Gasteiger partial charge in [0.15, 0.2) is 0 Å². The van der Waals surface area contributed by atoms with E-state index in [0.29, 0.717) is 22.6 Å². The summed E-state index contributed by atoms with van der Waals surface area (Å²) in [5, 5.41) is 5.85. The highest BCUT2D eigenvalue weighted by Crippen LogP contribution is 2.37. The van der Waals surface area contributed by atoms with Crippen molar-refractivity contribution in [3.8, 4) is 11.5 Å². The minimum Gasteiger partial charge on any atom is -0.496 e. The maximum absolute atomic E-state index is 12.8. The minimum absolute atomic E-state index is 0.148. The first-order chi connectivity index (χ1) is 17.5. The van der Waals surface area contributed by atoms with E-state index >= 15 is 0 Å². The van der Waals surface area contributed by atoms with Gasteiger partial charge in [-0.05, 0) is 86.0 Å². The van der Waals surface area contributed by atoms with Crippen molar-refractivity contribution in [2.24, 2.45) is 5.10 Å². The molecule has 13 heteroatoms. The van der Waals surface area contributed by atoms with Gasteiger partial charge in [-0.1, -0.05) is 22.0 Å². The Hall–Kier alpha value is -2.90. The summed E-state index contributed by atoms with van der Waals surface area (Å²) in [5.74, 6) is -1.18. The molecule has 0 fully saturated rings. The molecule has 0 unspecified atom stereocenters. The Bertz CT molecular complexity index is 1330. The van der Waals surface area contributed by atoms with Crippen LogP contribution in [0.3, 0.4) is 0 Å². The largest absolute Gasteiger partial charge is 0.496 e. The predicted molar refractivity (Wildman–Crippen MR) is 143 cm³/mol. The molecule has 0 bridgehead atoms. The van der Waals surface area contributed by atoms with E-state index in [1.807, 2.05) is 17.6 Å². The van der Waals surface area contributed by atoms with Crippen LogP contribution in [-0.2, 0) is 22.4 Å². The highest BCUT2D eigenvalue weighted by molar-refractivity contribution is 9.11. The van der Waals surface area contributed by atoms with E-state index in [-0.39, 0.29) is 12.3 Å². The van der Waals surface area contributed by atoms with Crippen LogP contribution in [0, 0.1) is 0 Å². The number of nitrogens with zero attached hydrogens (tertiary/aromatic N) is 1. The molecule has 194 valence electrons. The van der Waals surface area contributed by atoms with Crippen LogP contribution < -0.4 is 20.2 Å². The number of halogens is 6. The summed E-state index contributed by atoms with van der Waals surface area (Å²) in [5.41, 5.74) is 2.15. The summed E-state index contributed by atoms with van der Waals surface area (Å²) in [4.78, 5) is 24.0.